The minimum atomic E-state index is -3.63. The summed E-state index contributed by atoms with van der Waals surface area (Å²) in [5.74, 6) is -0.482. The Morgan fingerprint density at radius 1 is 1.31 bits per heavy atom. The van der Waals surface area contributed by atoms with Crippen molar-refractivity contribution in [2.45, 2.75) is 0 Å². The first kappa shape index (κ1) is 13.4. The Kier molecular flexibility index (Phi) is 4.32. The maximum Gasteiger partial charge on any atom is 0.264 e. The van der Waals surface area contributed by atoms with Crippen molar-refractivity contribution < 1.29 is 17.4 Å². The van der Waals surface area contributed by atoms with Crippen molar-refractivity contribution in [3.63, 3.8) is 0 Å². The Labute approximate surface area is 103 Å². The maximum atomic E-state index is 11.5. The second-order valence-electron chi connectivity index (χ2n) is 3.02. The second-order valence-corrected chi connectivity index (χ2v) is 5.48. The average Bonchev–Trinajstić information content (AvgIpc) is 2.17. The van der Waals surface area contributed by atoms with Gasteiger partial charge in [0.2, 0.25) is 0 Å². The highest BCUT2D eigenvalue weighted by Crippen LogP contribution is 2.22. The summed E-state index contributed by atoms with van der Waals surface area (Å²) in [4.78, 5) is 11.5. The van der Waals surface area contributed by atoms with Crippen LogP contribution in [0.3, 0.4) is 0 Å². The molecule has 1 rings (SSSR count). The van der Waals surface area contributed by atoms with E-state index in [0.29, 0.717) is 5.02 Å². The second kappa shape index (κ2) is 5.14. The average molecular weight is 283 g/mol. The monoisotopic (exact) mass is 282 g/mol. The molecule has 0 heterocycles. The molecule has 0 aliphatic heterocycles. The largest absolute Gasteiger partial charge is 0.291 e. The zero-order valence-electron chi connectivity index (χ0n) is 8.24. The van der Waals surface area contributed by atoms with E-state index >= 15 is 0 Å². The van der Waals surface area contributed by atoms with Gasteiger partial charge >= 0.3 is 0 Å². The van der Waals surface area contributed by atoms with Crippen LogP contribution in [0.15, 0.2) is 18.2 Å². The number of halogens is 2. The normalized spacial score (nSPS) is 11.4. The van der Waals surface area contributed by atoms with Crippen LogP contribution in [0.25, 0.3) is 0 Å². The molecule has 0 aliphatic rings. The topological polar surface area (TPSA) is 60.4 Å². The summed E-state index contributed by atoms with van der Waals surface area (Å²) < 4.78 is 25.7. The molecule has 4 nitrogen and oxygen atoms in total. The molecule has 0 saturated carbocycles. The van der Waals surface area contributed by atoms with E-state index in [1.54, 1.807) is 0 Å². The highest BCUT2D eigenvalue weighted by atomic mass is 35.5. The molecule has 0 bridgehead atoms. The molecular weight excluding hydrogens is 275 g/mol. The highest BCUT2D eigenvalue weighted by Gasteiger charge is 2.11. The van der Waals surface area contributed by atoms with Crippen molar-refractivity contribution in [3.8, 4) is 0 Å². The van der Waals surface area contributed by atoms with Gasteiger partial charge in [-0.1, -0.05) is 23.2 Å². The summed E-state index contributed by atoms with van der Waals surface area (Å²) in [5, 5.41) is 0.550. The van der Waals surface area contributed by atoms with Gasteiger partial charge in [0, 0.05) is 5.56 Å². The Morgan fingerprint density at radius 2 is 1.94 bits per heavy atom. The molecule has 0 aromatic heterocycles. The van der Waals surface area contributed by atoms with Crippen molar-refractivity contribution in [1.82, 2.24) is 0 Å². The number of carbonyl (C=O) groups is 1. The lowest BCUT2D eigenvalue weighted by Gasteiger charge is -2.02. The van der Waals surface area contributed by atoms with Crippen molar-refractivity contribution >= 4 is 39.1 Å². The molecule has 1 aromatic carbocycles. The number of ketones is 1. The molecule has 7 heteroatoms. The number of hydrogen-bond acceptors (Lipinski definition) is 4. The number of rotatable bonds is 4. The van der Waals surface area contributed by atoms with Crippen LogP contribution in [0.1, 0.15) is 10.4 Å². The first-order valence-corrected chi connectivity index (χ1v) is 6.69. The molecule has 0 radical (unpaired) electrons. The molecule has 0 N–H and O–H groups in total. The highest BCUT2D eigenvalue weighted by molar-refractivity contribution is 7.86. The van der Waals surface area contributed by atoms with Gasteiger partial charge in [-0.3, -0.25) is 8.98 Å². The lowest BCUT2D eigenvalue weighted by molar-refractivity contribution is 0.0925. The Hall–Kier alpha value is -0.620. The van der Waals surface area contributed by atoms with Crippen LogP contribution >= 0.6 is 23.2 Å². The summed E-state index contributed by atoms with van der Waals surface area (Å²) >= 11 is 11.4. The molecule has 0 spiro atoms. The molecule has 0 saturated heterocycles. The van der Waals surface area contributed by atoms with E-state index in [-0.39, 0.29) is 10.6 Å². The third-order valence-electron chi connectivity index (χ3n) is 1.65. The van der Waals surface area contributed by atoms with Crippen molar-refractivity contribution in [2.75, 3.05) is 12.9 Å². The fourth-order valence-corrected chi connectivity index (χ4v) is 1.53. The van der Waals surface area contributed by atoms with E-state index in [0.717, 1.165) is 6.26 Å². The van der Waals surface area contributed by atoms with Crippen LogP contribution < -0.4 is 0 Å². The Balaban J connectivity index is 2.78. The molecule has 1 aromatic rings. The van der Waals surface area contributed by atoms with E-state index in [1.807, 2.05) is 0 Å². The fourth-order valence-electron chi connectivity index (χ4n) is 0.913. The molecule has 0 unspecified atom stereocenters. The van der Waals surface area contributed by atoms with E-state index in [2.05, 4.69) is 4.18 Å². The molecule has 0 aliphatic carbocycles. The van der Waals surface area contributed by atoms with Crippen molar-refractivity contribution in [3.05, 3.63) is 33.8 Å². The molecule has 0 fully saturated rings. The van der Waals surface area contributed by atoms with Crippen LogP contribution in [0.2, 0.25) is 10.0 Å². The van der Waals surface area contributed by atoms with Gasteiger partial charge in [-0.25, -0.2) is 0 Å². The number of Topliss-reactive ketones (excluding diaryl/α,β-unsaturated/α-hetero) is 1. The zero-order chi connectivity index (χ0) is 12.3. The van der Waals surface area contributed by atoms with Gasteiger partial charge in [0.15, 0.2) is 5.78 Å². The third-order valence-corrected chi connectivity index (χ3v) is 2.93. The van der Waals surface area contributed by atoms with Crippen LogP contribution in [0.4, 0.5) is 0 Å². The lowest BCUT2D eigenvalue weighted by atomic mass is 10.1. The van der Waals surface area contributed by atoms with Crippen LogP contribution in [-0.4, -0.2) is 27.1 Å². The van der Waals surface area contributed by atoms with Gasteiger partial charge in [-0.05, 0) is 18.2 Å². The van der Waals surface area contributed by atoms with Crippen molar-refractivity contribution in [2.24, 2.45) is 0 Å². The summed E-state index contributed by atoms with van der Waals surface area (Å²) in [5.41, 5.74) is 0.248. The van der Waals surface area contributed by atoms with Crippen LogP contribution in [-0.2, 0) is 14.3 Å². The Morgan fingerprint density at radius 3 is 2.44 bits per heavy atom. The lowest BCUT2D eigenvalue weighted by Crippen LogP contribution is -2.13. The van der Waals surface area contributed by atoms with E-state index in [1.165, 1.54) is 18.2 Å². The van der Waals surface area contributed by atoms with Gasteiger partial charge in [0.1, 0.15) is 6.61 Å². The molecule has 16 heavy (non-hydrogen) atoms. The van der Waals surface area contributed by atoms with E-state index in [4.69, 9.17) is 23.2 Å². The minimum Gasteiger partial charge on any atom is -0.291 e. The van der Waals surface area contributed by atoms with Gasteiger partial charge in [0.05, 0.1) is 16.3 Å². The van der Waals surface area contributed by atoms with Crippen LogP contribution in [0, 0.1) is 0 Å². The smallest absolute Gasteiger partial charge is 0.264 e. The standard InChI is InChI=1S/C9H8Cl2O4S/c1-16(13,14)15-5-9(12)6-2-3-7(10)8(11)4-6/h2-4H,5H2,1H3. The van der Waals surface area contributed by atoms with Gasteiger partial charge in [0.25, 0.3) is 10.1 Å². The van der Waals surface area contributed by atoms with Gasteiger partial charge in [-0.2, -0.15) is 8.42 Å². The predicted octanol–water partition coefficient (Wildman–Crippen LogP) is 2.15. The molecular formula is C9H8Cl2O4S. The zero-order valence-corrected chi connectivity index (χ0v) is 10.6. The number of hydrogen-bond donors (Lipinski definition) is 0. The fraction of sp³-hybridized carbons (Fsp3) is 0.222. The molecule has 0 amide bonds. The summed E-state index contributed by atoms with van der Waals surface area (Å²) in [7, 11) is -3.63. The minimum absolute atomic E-state index is 0.229. The SMILES string of the molecule is CS(=O)(=O)OCC(=O)c1ccc(Cl)c(Cl)c1. The quantitative estimate of drug-likeness (QED) is 0.627. The molecule has 88 valence electrons. The van der Waals surface area contributed by atoms with Gasteiger partial charge < -0.3 is 0 Å². The first-order chi connectivity index (χ1) is 7.29. The number of carbonyl (C=O) groups excluding carboxylic acids is 1. The summed E-state index contributed by atoms with van der Waals surface area (Å²) in [6, 6.07) is 4.26. The summed E-state index contributed by atoms with van der Waals surface area (Å²) in [6.07, 6.45) is 0.870. The van der Waals surface area contributed by atoms with Crippen LogP contribution in [0.5, 0.6) is 0 Å². The van der Waals surface area contributed by atoms with E-state index in [9.17, 15) is 13.2 Å². The summed E-state index contributed by atoms with van der Waals surface area (Å²) in [6.45, 7) is -0.545. The first-order valence-electron chi connectivity index (χ1n) is 4.12. The predicted molar refractivity (Wildman–Crippen MR) is 61.6 cm³/mol. The molecule has 0 atom stereocenters. The van der Waals surface area contributed by atoms with Gasteiger partial charge in [-0.15, -0.1) is 0 Å². The third kappa shape index (κ3) is 4.09. The Bertz CT molecular complexity index is 510. The van der Waals surface area contributed by atoms with Crippen molar-refractivity contribution in [1.29, 1.82) is 0 Å². The van der Waals surface area contributed by atoms with E-state index < -0.39 is 22.5 Å². The maximum absolute atomic E-state index is 11.5. The number of benzene rings is 1.